The Balaban J connectivity index is 1.74. The number of hydrogen-bond donors (Lipinski definition) is 3. The Hall–Kier alpha value is -0.610. The smallest absolute Gasteiger partial charge is 0.237 e. The van der Waals surface area contributed by atoms with Gasteiger partial charge in [-0.3, -0.25) is 4.79 Å². The summed E-state index contributed by atoms with van der Waals surface area (Å²) in [4.78, 5) is 11.9. The van der Waals surface area contributed by atoms with Gasteiger partial charge in [-0.15, -0.1) is 0 Å². The second-order valence-corrected chi connectivity index (χ2v) is 4.55. The Bertz CT molecular complexity index is 208. The lowest BCUT2D eigenvalue weighted by molar-refractivity contribution is -0.124. The predicted octanol–water partition coefficient (Wildman–Crippen LogP) is -0.00330. The average Bonchev–Trinajstić information content (AvgIpc) is 2.31. The molecule has 1 amide bonds. The van der Waals surface area contributed by atoms with Gasteiger partial charge in [0.1, 0.15) is 0 Å². The van der Waals surface area contributed by atoms with E-state index in [0.29, 0.717) is 6.04 Å². The molecule has 2 atom stereocenters. The van der Waals surface area contributed by atoms with Gasteiger partial charge in [-0.1, -0.05) is 6.42 Å². The number of rotatable bonds is 2. The average molecular weight is 211 g/mol. The van der Waals surface area contributed by atoms with Gasteiger partial charge in [0, 0.05) is 12.6 Å². The minimum atomic E-state index is 0.0562. The minimum Gasteiger partial charge on any atom is -0.351 e. The zero-order valence-electron chi connectivity index (χ0n) is 9.22. The third kappa shape index (κ3) is 3.18. The summed E-state index contributed by atoms with van der Waals surface area (Å²) >= 11 is 0. The highest BCUT2D eigenvalue weighted by Gasteiger charge is 2.23. The summed E-state index contributed by atoms with van der Waals surface area (Å²) in [6, 6.07) is 0.399. The Kier molecular flexibility index (Phi) is 3.97. The maximum Gasteiger partial charge on any atom is 0.237 e. The molecule has 2 fully saturated rings. The lowest BCUT2D eigenvalue weighted by atomic mass is 10.0. The summed E-state index contributed by atoms with van der Waals surface area (Å²) in [5, 5.41) is 9.71. The highest BCUT2D eigenvalue weighted by atomic mass is 16.2. The second-order valence-electron chi connectivity index (χ2n) is 4.55. The van der Waals surface area contributed by atoms with Crippen molar-refractivity contribution in [3.05, 3.63) is 0 Å². The first-order valence-electron chi connectivity index (χ1n) is 6.11. The molecule has 86 valence electrons. The van der Waals surface area contributed by atoms with E-state index in [0.717, 1.165) is 32.5 Å². The molecule has 2 rings (SSSR count). The maximum absolute atomic E-state index is 11.9. The van der Waals surface area contributed by atoms with E-state index in [4.69, 9.17) is 0 Å². The summed E-state index contributed by atoms with van der Waals surface area (Å²) in [5.74, 6) is 0.198. The van der Waals surface area contributed by atoms with E-state index in [1.807, 2.05) is 0 Å². The van der Waals surface area contributed by atoms with Gasteiger partial charge in [-0.25, -0.2) is 0 Å². The summed E-state index contributed by atoms with van der Waals surface area (Å²) in [6.45, 7) is 3.01. The van der Waals surface area contributed by atoms with Crippen LogP contribution in [0.25, 0.3) is 0 Å². The van der Waals surface area contributed by atoms with Crippen LogP contribution in [0.5, 0.6) is 0 Å². The van der Waals surface area contributed by atoms with Crippen LogP contribution in [0.3, 0.4) is 0 Å². The first-order valence-corrected chi connectivity index (χ1v) is 6.11. The monoisotopic (exact) mass is 211 g/mol. The molecule has 0 aromatic heterocycles. The Morgan fingerprint density at radius 2 is 2.07 bits per heavy atom. The Morgan fingerprint density at radius 1 is 1.13 bits per heavy atom. The van der Waals surface area contributed by atoms with Crippen LogP contribution in [0.1, 0.15) is 32.1 Å². The topological polar surface area (TPSA) is 53.2 Å². The molecule has 0 bridgehead atoms. The fourth-order valence-electron chi connectivity index (χ4n) is 2.35. The molecule has 2 heterocycles. The van der Waals surface area contributed by atoms with Gasteiger partial charge in [0.25, 0.3) is 0 Å². The molecular weight excluding hydrogens is 190 g/mol. The molecule has 2 aliphatic rings. The molecule has 0 aromatic carbocycles. The van der Waals surface area contributed by atoms with Crippen LogP contribution < -0.4 is 16.0 Å². The molecular formula is C11H21N3O. The van der Waals surface area contributed by atoms with Crippen LogP contribution in [-0.2, 0) is 4.79 Å². The van der Waals surface area contributed by atoms with Crippen molar-refractivity contribution in [1.29, 1.82) is 0 Å². The quantitative estimate of drug-likeness (QED) is 0.602. The maximum atomic E-state index is 11.9. The number of hydrogen-bond acceptors (Lipinski definition) is 3. The lowest BCUT2D eigenvalue weighted by Gasteiger charge is -2.28. The van der Waals surface area contributed by atoms with E-state index in [-0.39, 0.29) is 11.9 Å². The molecule has 2 saturated heterocycles. The molecule has 0 aromatic rings. The van der Waals surface area contributed by atoms with Gasteiger partial charge in [0.2, 0.25) is 5.91 Å². The molecule has 3 N–H and O–H groups in total. The molecule has 2 aliphatic heterocycles. The van der Waals surface area contributed by atoms with Crippen molar-refractivity contribution in [2.75, 3.05) is 19.6 Å². The molecule has 4 heteroatoms. The standard InChI is InChI=1S/C11H21N3O/c15-11(10-5-1-2-7-13-10)14-9-4-3-6-12-8-9/h9-10,12-13H,1-8H2,(H,14,15)/t9?,10-/m0/s1. The fraction of sp³-hybridized carbons (Fsp3) is 0.909. The molecule has 0 spiro atoms. The van der Waals surface area contributed by atoms with Crippen molar-refractivity contribution in [2.45, 2.75) is 44.2 Å². The van der Waals surface area contributed by atoms with Crippen LogP contribution in [0.4, 0.5) is 0 Å². The summed E-state index contributed by atoms with van der Waals surface area (Å²) < 4.78 is 0. The van der Waals surface area contributed by atoms with Gasteiger partial charge in [-0.2, -0.15) is 0 Å². The number of piperidine rings is 2. The Morgan fingerprint density at radius 3 is 2.73 bits per heavy atom. The van der Waals surface area contributed by atoms with Crippen LogP contribution in [0, 0.1) is 0 Å². The summed E-state index contributed by atoms with van der Waals surface area (Å²) in [5.41, 5.74) is 0. The summed E-state index contributed by atoms with van der Waals surface area (Å²) in [7, 11) is 0. The van der Waals surface area contributed by atoms with Crippen molar-refractivity contribution in [1.82, 2.24) is 16.0 Å². The van der Waals surface area contributed by atoms with Crippen molar-refractivity contribution < 1.29 is 4.79 Å². The lowest BCUT2D eigenvalue weighted by Crippen LogP contribution is -2.53. The molecule has 0 saturated carbocycles. The number of amides is 1. The number of carbonyl (C=O) groups excluding carboxylic acids is 1. The number of nitrogens with one attached hydrogen (secondary N) is 3. The molecule has 15 heavy (non-hydrogen) atoms. The highest BCUT2D eigenvalue weighted by Crippen LogP contribution is 2.08. The molecule has 0 aliphatic carbocycles. The largest absolute Gasteiger partial charge is 0.351 e. The third-order valence-corrected chi connectivity index (χ3v) is 3.27. The fourth-order valence-corrected chi connectivity index (χ4v) is 2.35. The normalized spacial score (nSPS) is 32.3. The van der Waals surface area contributed by atoms with E-state index in [2.05, 4.69) is 16.0 Å². The number of carbonyl (C=O) groups is 1. The van der Waals surface area contributed by atoms with E-state index < -0.39 is 0 Å². The van der Waals surface area contributed by atoms with Crippen molar-refractivity contribution >= 4 is 5.91 Å². The van der Waals surface area contributed by atoms with E-state index >= 15 is 0 Å². The first kappa shape index (κ1) is 10.9. The van der Waals surface area contributed by atoms with Gasteiger partial charge in [0.05, 0.1) is 6.04 Å². The first-order chi connectivity index (χ1) is 7.36. The zero-order chi connectivity index (χ0) is 10.5. The van der Waals surface area contributed by atoms with Gasteiger partial charge in [-0.05, 0) is 38.8 Å². The van der Waals surface area contributed by atoms with Crippen molar-refractivity contribution in [3.8, 4) is 0 Å². The molecule has 1 unspecified atom stereocenters. The Labute approximate surface area is 91.2 Å². The second kappa shape index (κ2) is 5.47. The van der Waals surface area contributed by atoms with Gasteiger partial charge in [0.15, 0.2) is 0 Å². The SMILES string of the molecule is O=C(NC1CCCNC1)[C@@H]1CCCCN1. The zero-order valence-corrected chi connectivity index (χ0v) is 9.22. The van der Waals surface area contributed by atoms with Gasteiger partial charge >= 0.3 is 0 Å². The van der Waals surface area contributed by atoms with Crippen LogP contribution >= 0.6 is 0 Å². The van der Waals surface area contributed by atoms with Crippen molar-refractivity contribution in [2.24, 2.45) is 0 Å². The van der Waals surface area contributed by atoms with Crippen LogP contribution in [0.2, 0.25) is 0 Å². The van der Waals surface area contributed by atoms with E-state index in [9.17, 15) is 4.79 Å². The molecule has 4 nitrogen and oxygen atoms in total. The minimum absolute atomic E-state index is 0.0562. The van der Waals surface area contributed by atoms with Crippen molar-refractivity contribution in [3.63, 3.8) is 0 Å². The van der Waals surface area contributed by atoms with E-state index in [1.54, 1.807) is 0 Å². The predicted molar refractivity (Wildman–Crippen MR) is 59.7 cm³/mol. The third-order valence-electron chi connectivity index (χ3n) is 3.27. The summed E-state index contributed by atoms with van der Waals surface area (Å²) in [6.07, 6.45) is 5.66. The molecule has 0 radical (unpaired) electrons. The van der Waals surface area contributed by atoms with Gasteiger partial charge < -0.3 is 16.0 Å². The van der Waals surface area contributed by atoms with Crippen LogP contribution in [-0.4, -0.2) is 37.6 Å². The van der Waals surface area contributed by atoms with Crippen LogP contribution in [0.15, 0.2) is 0 Å². The highest BCUT2D eigenvalue weighted by molar-refractivity contribution is 5.82. The van der Waals surface area contributed by atoms with E-state index in [1.165, 1.54) is 19.3 Å².